The highest BCUT2D eigenvalue weighted by Gasteiger charge is 2.35. The van der Waals surface area contributed by atoms with E-state index >= 15 is 0 Å². The predicted molar refractivity (Wildman–Crippen MR) is 72.6 cm³/mol. The first-order valence-electron chi connectivity index (χ1n) is 7.53. The molecule has 1 saturated carbocycles. The summed E-state index contributed by atoms with van der Waals surface area (Å²) in [4.78, 5) is 14.4. The molecule has 2 rings (SSSR count). The Labute approximate surface area is 115 Å². The standard InChI is InChI=1S/C14H26N2O3/c15-10-12-6-7-13(19-12)14(18)16(8-9-17)11-4-2-1-3-5-11/h11-13,17H,1-10,15H2. The van der Waals surface area contributed by atoms with E-state index in [1.807, 2.05) is 4.90 Å². The van der Waals surface area contributed by atoms with Gasteiger partial charge < -0.3 is 20.5 Å². The molecule has 5 heteroatoms. The van der Waals surface area contributed by atoms with E-state index < -0.39 is 0 Å². The summed E-state index contributed by atoms with van der Waals surface area (Å²) in [5.74, 6) is 0.0527. The number of carbonyl (C=O) groups is 1. The van der Waals surface area contributed by atoms with Crippen LogP contribution < -0.4 is 5.73 Å². The lowest BCUT2D eigenvalue weighted by atomic mass is 9.93. The first-order chi connectivity index (χ1) is 9.26. The Bertz CT molecular complexity index is 292. The van der Waals surface area contributed by atoms with Crippen LogP contribution >= 0.6 is 0 Å². The van der Waals surface area contributed by atoms with Crippen molar-refractivity contribution < 1.29 is 14.6 Å². The molecule has 3 N–H and O–H groups in total. The van der Waals surface area contributed by atoms with Crippen molar-refractivity contribution in [2.24, 2.45) is 5.73 Å². The number of hydrogen-bond donors (Lipinski definition) is 2. The van der Waals surface area contributed by atoms with Crippen molar-refractivity contribution in [1.29, 1.82) is 0 Å². The van der Waals surface area contributed by atoms with Crippen molar-refractivity contribution in [2.45, 2.75) is 63.2 Å². The first kappa shape index (κ1) is 14.8. The van der Waals surface area contributed by atoms with Crippen molar-refractivity contribution in [3.63, 3.8) is 0 Å². The fraction of sp³-hybridized carbons (Fsp3) is 0.929. The molecule has 2 fully saturated rings. The van der Waals surface area contributed by atoms with Crippen molar-refractivity contribution in [3.8, 4) is 0 Å². The van der Waals surface area contributed by atoms with Gasteiger partial charge in [-0.1, -0.05) is 19.3 Å². The van der Waals surface area contributed by atoms with E-state index in [1.54, 1.807) is 0 Å². The minimum Gasteiger partial charge on any atom is -0.395 e. The zero-order valence-electron chi connectivity index (χ0n) is 11.6. The Hall–Kier alpha value is -0.650. The molecular weight excluding hydrogens is 244 g/mol. The smallest absolute Gasteiger partial charge is 0.252 e. The summed E-state index contributed by atoms with van der Waals surface area (Å²) in [5, 5.41) is 9.20. The maximum absolute atomic E-state index is 12.5. The average Bonchev–Trinajstić information content (AvgIpc) is 2.94. The van der Waals surface area contributed by atoms with Crippen LogP contribution in [0.25, 0.3) is 0 Å². The molecule has 0 bridgehead atoms. The summed E-state index contributed by atoms with van der Waals surface area (Å²) in [6.07, 6.45) is 7.02. The van der Waals surface area contributed by atoms with Gasteiger partial charge in [-0.15, -0.1) is 0 Å². The van der Waals surface area contributed by atoms with Gasteiger partial charge in [-0.2, -0.15) is 0 Å². The lowest BCUT2D eigenvalue weighted by Crippen LogP contribution is -2.47. The number of nitrogens with two attached hydrogens (primary N) is 1. The Balaban J connectivity index is 1.95. The van der Waals surface area contributed by atoms with Gasteiger partial charge in [0.1, 0.15) is 6.10 Å². The quantitative estimate of drug-likeness (QED) is 0.769. The van der Waals surface area contributed by atoms with Gasteiger partial charge >= 0.3 is 0 Å². The Morgan fingerprint density at radius 3 is 2.53 bits per heavy atom. The van der Waals surface area contributed by atoms with E-state index in [0.29, 0.717) is 13.1 Å². The molecule has 0 aromatic rings. The zero-order chi connectivity index (χ0) is 13.7. The van der Waals surface area contributed by atoms with Gasteiger partial charge in [-0.05, 0) is 25.7 Å². The number of aliphatic hydroxyl groups is 1. The number of carbonyl (C=O) groups excluding carboxylic acids is 1. The molecule has 0 aromatic carbocycles. The molecule has 0 aromatic heterocycles. The Morgan fingerprint density at radius 1 is 1.21 bits per heavy atom. The van der Waals surface area contributed by atoms with Crippen LogP contribution in [0.15, 0.2) is 0 Å². The van der Waals surface area contributed by atoms with E-state index in [9.17, 15) is 9.90 Å². The molecule has 1 aliphatic heterocycles. The number of amides is 1. The van der Waals surface area contributed by atoms with Crippen LogP contribution in [-0.4, -0.2) is 53.9 Å². The van der Waals surface area contributed by atoms with Crippen LogP contribution in [0.3, 0.4) is 0 Å². The van der Waals surface area contributed by atoms with Crippen LogP contribution in [0.5, 0.6) is 0 Å². The third kappa shape index (κ3) is 3.68. The van der Waals surface area contributed by atoms with Gasteiger partial charge in [0.25, 0.3) is 5.91 Å². The van der Waals surface area contributed by atoms with E-state index in [4.69, 9.17) is 10.5 Å². The lowest BCUT2D eigenvalue weighted by molar-refractivity contribution is -0.146. The molecule has 1 heterocycles. The summed E-state index contributed by atoms with van der Waals surface area (Å²) < 4.78 is 5.69. The van der Waals surface area contributed by atoms with Crippen molar-refractivity contribution in [2.75, 3.05) is 19.7 Å². The molecule has 5 nitrogen and oxygen atoms in total. The maximum Gasteiger partial charge on any atom is 0.252 e. The second kappa shape index (κ2) is 7.22. The molecule has 110 valence electrons. The van der Waals surface area contributed by atoms with Gasteiger partial charge in [0.15, 0.2) is 0 Å². The van der Waals surface area contributed by atoms with Gasteiger partial charge in [-0.3, -0.25) is 4.79 Å². The van der Waals surface area contributed by atoms with Crippen LogP contribution in [0, 0.1) is 0 Å². The lowest BCUT2D eigenvalue weighted by Gasteiger charge is -2.35. The molecule has 2 atom stereocenters. The van der Waals surface area contributed by atoms with E-state index in [2.05, 4.69) is 0 Å². The highest BCUT2D eigenvalue weighted by atomic mass is 16.5. The molecule has 1 saturated heterocycles. The Morgan fingerprint density at radius 2 is 1.95 bits per heavy atom. The zero-order valence-corrected chi connectivity index (χ0v) is 11.6. The molecule has 0 spiro atoms. The van der Waals surface area contributed by atoms with Crippen molar-refractivity contribution >= 4 is 5.91 Å². The molecular formula is C14H26N2O3. The summed E-state index contributed by atoms with van der Waals surface area (Å²) in [6, 6.07) is 0.286. The minimum atomic E-state index is -0.345. The third-order valence-corrected chi connectivity index (χ3v) is 4.29. The molecule has 1 amide bonds. The monoisotopic (exact) mass is 270 g/mol. The normalized spacial score (nSPS) is 28.5. The van der Waals surface area contributed by atoms with E-state index in [1.165, 1.54) is 19.3 Å². The largest absolute Gasteiger partial charge is 0.395 e. The van der Waals surface area contributed by atoms with Gasteiger partial charge in [-0.25, -0.2) is 0 Å². The van der Waals surface area contributed by atoms with Crippen LogP contribution in [0.2, 0.25) is 0 Å². The highest BCUT2D eigenvalue weighted by Crippen LogP contribution is 2.26. The van der Waals surface area contributed by atoms with E-state index in [-0.39, 0.29) is 30.8 Å². The van der Waals surface area contributed by atoms with Crippen LogP contribution in [0.1, 0.15) is 44.9 Å². The predicted octanol–water partition coefficient (Wildman–Crippen LogP) is 0.646. The fourth-order valence-corrected chi connectivity index (χ4v) is 3.22. The fourth-order valence-electron chi connectivity index (χ4n) is 3.22. The molecule has 2 unspecified atom stereocenters. The van der Waals surface area contributed by atoms with Crippen molar-refractivity contribution in [1.82, 2.24) is 4.90 Å². The Kier molecular flexibility index (Phi) is 5.60. The van der Waals surface area contributed by atoms with Crippen LogP contribution in [-0.2, 0) is 9.53 Å². The first-order valence-corrected chi connectivity index (χ1v) is 7.53. The SMILES string of the molecule is NCC1CCC(C(=O)N(CCO)C2CCCCC2)O1. The number of hydrogen-bond acceptors (Lipinski definition) is 4. The second-order valence-corrected chi connectivity index (χ2v) is 5.61. The summed E-state index contributed by atoms with van der Waals surface area (Å²) in [7, 11) is 0. The number of ether oxygens (including phenoxy) is 1. The molecule has 19 heavy (non-hydrogen) atoms. The topological polar surface area (TPSA) is 75.8 Å². The van der Waals surface area contributed by atoms with Crippen LogP contribution in [0.4, 0.5) is 0 Å². The summed E-state index contributed by atoms with van der Waals surface area (Å²) in [6.45, 7) is 0.930. The minimum absolute atomic E-state index is 0.0231. The number of aliphatic hydroxyl groups excluding tert-OH is 1. The average molecular weight is 270 g/mol. The molecule has 0 radical (unpaired) electrons. The molecule has 1 aliphatic carbocycles. The maximum atomic E-state index is 12.5. The second-order valence-electron chi connectivity index (χ2n) is 5.61. The van der Waals surface area contributed by atoms with Gasteiger partial charge in [0.05, 0.1) is 12.7 Å². The van der Waals surface area contributed by atoms with Gasteiger partial charge in [0, 0.05) is 19.1 Å². The number of rotatable bonds is 5. The third-order valence-electron chi connectivity index (χ3n) is 4.29. The summed E-state index contributed by atoms with van der Waals surface area (Å²) >= 11 is 0. The number of nitrogens with zero attached hydrogens (tertiary/aromatic N) is 1. The molecule has 2 aliphatic rings. The van der Waals surface area contributed by atoms with E-state index in [0.717, 1.165) is 25.7 Å². The highest BCUT2D eigenvalue weighted by molar-refractivity contribution is 5.81. The van der Waals surface area contributed by atoms with Crippen molar-refractivity contribution in [3.05, 3.63) is 0 Å². The van der Waals surface area contributed by atoms with Gasteiger partial charge in [0.2, 0.25) is 0 Å². The summed E-state index contributed by atoms with van der Waals surface area (Å²) in [5.41, 5.74) is 5.58.